The van der Waals surface area contributed by atoms with Gasteiger partial charge in [-0.05, 0) is 36.5 Å². The van der Waals surface area contributed by atoms with E-state index in [1.807, 2.05) is 18.2 Å². The number of carboxylic acids is 1. The van der Waals surface area contributed by atoms with Crippen LogP contribution in [0, 0.1) is 0 Å². The number of benzene rings is 1. The predicted molar refractivity (Wildman–Crippen MR) is 56.2 cm³/mol. The third-order valence-corrected chi connectivity index (χ3v) is 2.58. The third-order valence-electron chi connectivity index (χ3n) is 2.58. The minimum atomic E-state index is -0.788. The van der Waals surface area contributed by atoms with E-state index in [2.05, 4.69) is 0 Å². The quantitative estimate of drug-likeness (QED) is 0.805. The Kier molecular flexibility index (Phi) is 2.90. The van der Waals surface area contributed by atoms with Gasteiger partial charge in [-0.15, -0.1) is 0 Å². The molecule has 1 aliphatic heterocycles. The smallest absolute Gasteiger partial charge is 0.307 e. The number of hydrogen-bond acceptors (Lipinski definition) is 2. The largest absolute Gasteiger partial charge is 0.493 e. The second kappa shape index (κ2) is 4.34. The lowest BCUT2D eigenvalue weighted by Crippen LogP contribution is -2.01. The average molecular weight is 206 g/mol. The Morgan fingerprint density at radius 3 is 3.07 bits per heavy atom. The van der Waals surface area contributed by atoms with Crippen molar-refractivity contribution in [2.45, 2.75) is 25.7 Å². The summed E-state index contributed by atoms with van der Waals surface area (Å²) in [5.41, 5.74) is 2.00. The Labute approximate surface area is 88.7 Å². The fourth-order valence-electron chi connectivity index (χ4n) is 1.85. The molecular formula is C12H14O3. The van der Waals surface area contributed by atoms with Crippen molar-refractivity contribution in [1.82, 2.24) is 0 Å². The highest BCUT2D eigenvalue weighted by atomic mass is 16.5. The maximum absolute atomic E-state index is 10.6. The first kappa shape index (κ1) is 10.0. The Morgan fingerprint density at radius 2 is 2.27 bits per heavy atom. The zero-order valence-corrected chi connectivity index (χ0v) is 8.53. The molecule has 1 aromatic carbocycles. The van der Waals surface area contributed by atoms with Crippen molar-refractivity contribution in [2.24, 2.45) is 0 Å². The van der Waals surface area contributed by atoms with E-state index in [1.165, 1.54) is 0 Å². The van der Waals surface area contributed by atoms with Gasteiger partial charge in [0.15, 0.2) is 0 Å². The summed E-state index contributed by atoms with van der Waals surface area (Å²) in [6.07, 6.45) is 3.27. The Bertz CT molecular complexity index is 371. The van der Waals surface area contributed by atoms with Crippen LogP contribution in [0.1, 0.15) is 24.0 Å². The Hall–Kier alpha value is -1.51. The van der Waals surface area contributed by atoms with Crippen LogP contribution in [-0.4, -0.2) is 17.7 Å². The van der Waals surface area contributed by atoms with Crippen LogP contribution in [-0.2, 0) is 17.6 Å². The SMILES string of the molecule is O=C(O)Cc1ccc2c(c1)CCCCO2. The first-order chi connectivity index (χ1) is 7.25. The first-order valence-electron chi connectivity index (χ1n) is 5.22. The summed E-state index contributed by atoms with van der Waals surface area (Å²) in [5, 5.41) is 8.70. The number of aryl methyl sites for hydroxylation is 1. The van der Waals surface area contributed by atoms with Gasteiger partial charge in [-0.2, -0.15) is 0 Å². The monoisotopic (exact) mass is 206 g/mol. The van der Waals surface area contributed by atoms with Crippen LogP contribution in [0.15, 0.2) is 18.2 Å². The fourth-order valence-corrected chi connectivity index (χ4v) is 1.85. The Balaban J connectivity index is 2.23. The minimum Gasteiger partial charge on any atom is -0.493 e. The summed E-state index contributed by atoms with van der Waals surface area (Å²) in [6.45, 7) is 0.769. The topological polar surface area (TPSA) is 46.5 Å². The van der Waals surface area contributed by atoms with Gasteiger partial charge in [0.25, 0.3) is 0 Å². The molecule has 0 fully saturated rings. The second-order valence-electron chi connectivity index (χ2n) is 3.82. The molecule has 3 nitrogen and oxygen atoms in total. The number of fused-ring (bicyclic) bond motifs is 1. The molecule has 1 N–H and O–H groups in total. The van der Waals surface area contributed by atoms with Crippen LogP contribution >= 0.6 is 0 Å². The van der Waals surface area contributed by atoms with Gasteiger partial charge in [-0.3, -0.25) is 4.79 Å². The highest BCUT2D eigenvalue weighted by Crippen LogP contribution is 2.25. The molecule has 0 unspecified atom stereocenters. The summed E-state index contributed by atoms with van der Waals surface area (Å²) in [7, 11) is 0. The number of aliphatic carboxylic acids is 1. The number of carboxylic acid groups (broad SMARTS) is 1. The van der Waals surface area contributed by atoms with Gasteiger partial charge in [0, 0.05) is 0 Å². The van der Waals surface area contributed by atoms with E-state index < -0.39 is 5.97 Å². The van der Waals surface area contributed by atoms with Crippen LogP contribution in [0.2, 0.25) is 0 Å². The van der Waals surface area contributed by atoms with E-state index in [9.17, 15) is 4.79 Å². The van der Waals surface area contributed by atoms with Gasteiger partial charge in [-0.1, -0.05) is 12.1 Å². The van der Waals surface area contributed by atoms with Crippen molar-refractivity contribution in [1.29, 1.82) is 0 Å². The van der Waals surface area contributed by atoms with Crippen molar-refractivity contribution in [3.8, 4) is 5.75 Å². The minimum absolute atomic E-state index is 0.0906. The second-order valence-corrected chi connectivity index (χ2v) is 3.82. The molecule has 1 aromatic rings. The molecule has 0 spiro atoms. The van der Waals surface area contributed by atoms with Gasteiger partial charge in [0.05, 0.1) is 13.0 Å². The third kappa shape index (κ3) is 2.49. The van der Waals surface area contributed by atoms with E-state index in [4.69, 9.17) is 9.84 Å². The lowest BCUT2D eigenvalue weighted by molar-refractivity contribution is -0.136. The van der Waals surface area contributed by atoms with E-state index in [1.54, 1.807) is 0 Å². The number of ether oxygens (including phenoxy) is 1. The number of carbonyl (C=O) groups is 1. The molecule has 80 valence electrons. The molecule has 0 aromatic heterocycles. The van der Waals surface area contributed by atoms with E-state index in [0.717, 1.165) is 42.7 Å². The first-order valence-corrected chi connectivity index (χ1v) is 5.22. The normalized spacial score (nSPS) is 14.9. The number of rotatable bonds is 2. The lowest BCUT2D eigenvalue weighted by atomic mass is 10.0. The van der Waals surface area contributed by atoms with Crippen molar-refractivity contribution in [3.63, 3.8) is 0 Å². The van der Waals surface area contributed by atoms with Crippen molar-refractivity contribution in [3.05, 3.63) is 29.3 Å². The molecule has 2 rings (SSSR count). The van der Waals surface area contributed by atoms with Gasteiger partial charge >= 0.3 is 5.97 Å². The maximum Gasteiger partial charge on any atom is 0.307 e. The molecule has 0 aliphatic carbocycles. The molecule has 0 saturated heterocycles. The summed E-state index contributed by atoms with van der Waals surface area (Å²) in [4.78, 5) is 10.6. The van der Waals surface area contributed by atoms with Gasteiger partial charge in [0.2, 0.25) is 0 Å². The highest BCUT2D eigenvalue weighted by Gasteiger charge is 2.10. The van der Waals surface area contributed by atoms with Gasteiger partial charge in [0.1, 0.15) is 5.75 Å². The molecule has 0 atom stereocenters. The van der Waals surface area contributed by atoms with E-state index in [0.29, 0.717) is 0 Å². The summed E-state index contributed by atoms with van der Waals surface area (Å²) >= 11 is 0. The van der Waals surface area contributed by atoms with Crippen molar-refractivity contribution in [2.75, 3.05) is 6.61 Å². The van der Waals surface area contributed by atoms with Gasteiger partial charge in [-0.25, -0.2) is 0 Å². The molecular weight excluding hydrogens is 192 g/mol. The van der Waals surface area contributed by atoms with Crippen LogP contribution in [0.4, 0.5) is 0 Å². The molecule has 15 heavy (non-hydrogen) atoms. The Morgan fingerprint density at radius 1 is 1.40 bits per heavy atom. The molecule has 3 heteroatoms. The van der Waals surface area contributed by atoms with Crippen LogP contribution < -0.4 is 4.74 Å². The lowest BCUT2D eigenvalue weighted by Gasteiger charge is -2.08. The molecule has 0 bridgehead atoms. The number of hydrogen-bond donors (Lipinski definition) is 1. The van der Waals surface area contributed by atoms with Crippen LogP contribution in [0.3, 0.4) is 0 Å². The molecule has 1 heterocycles. The zero-order valence-electron chi connectivity index (χ0n) is 8.53. The van der Waals surface area contributed by atoms with Crippen LogP contribution in [0.5, 0.6) is 5.75 Å². The summed E-state index contributed by atoms with van der Waals surface area (Å²) < 4.78 is 5.56. The molecule has 1 aliphatic rings. The standard InChI is InChI=1S/C12H14O3/c13-12(14)8-9-4-5-11-10(7-9)3-1-2-6-15-11/h4-5,7H,1-3,6,8H2,(H,13,14). The fraction of sp³-hybridized carbons (Fsp3) is 0.417. The summed E-state index contributed by atoms with van der Waals surface area (Å²) in [5.74, 6) is 0.131. The van der Waals surface area contributed by atoms with E-state index in [-0.39, 0.29) is 6.42 Å². The average Bonchev–Trinajstić information content (AvgIpc) is 2.41. The van der Waals surface area contributed by atoms with E-state index >= 15 is 0 Å². The molecule has 0 amide bonds. The molecule has 0 saturated carbocycles. The predicted octanol–water partition coefficient (Wildman–Crippen LogP) is 2.03. The maximum atomic E-state index is 10.6. The summed E-state index contributed by atoms with van der Waals surface area (Å²) in [6, 6.07) is 5.67. The van der Waals surface area contributed by atoms with Crippen molar-refractivity contribution >= 4 is 5.97 Å². The zero-order chi connectivity index (χ0) is 10.7. The van der Waals surface area contributed by atoms with Crippen molar-refractivity contribution < 1.29 is 14.6 Å². The molecule has 0 radical (unpaired) electrons. The highest BCUT2D eigenvalue weighted by molar-refractivity contribution is 5.70. The van der Waals surface area contributed by atoms with Gasteiger partial charge < -0.3 is 9.84 Å². The van der Waals surface area contributed by atoms with Crippen LogP contribution in [0.25, 0.3) is 0 Å².